The minimum atomic E-state index is -0.175. The van der Waals surface area contributed by atoms with Crippen molar-refractivity contribution < 1.29 is 9.53 Å². The van der Waals surface area contributed by atoms with Crippen molar-refractivity contribution in [3.05, 3.63) is 35.9 Å². The number of carbonyl (C=O) groups is 1. The van der Waals surface area contributed by atoms with Gasteiger partial charge in [0.15, 0.2) is 0 Å². The number of amides is 1. The lowest BCUT2D eigenvalue weighted by Gasteiger charge is -2.42. The van der Waals surface area contributed by atoms with Gasteiger partial charge in [-0.25, -0.2) is 4.79 Å². The number of nitrogens with one attached hydrogen (secondary N) is 1. The summed E-state index contributed by atoms with van der Waals surface area (Å²) in [5.41, 5.74) is 1.03. The number of benzene rings is 1. The van der Waals surface area contributed by atoms with Gasteiger partial charge in [0.25, 0.3) is 0 Å². The zero-order chi connectivity index (χ0) is 17.6. The van der Waals surface area contributed by atoms with E-state index in [1.54, 1.807) is 0 Å². The van der Waals surface area contributed by atoms with Crippen LogP contribution in [0.2, 0.25) is 0 Å². The van der Waals surface area contributed by atoms with Crippen LogP contribution in [0.3, 0.4) is 0 Å². The van der Waals surface area contributed by atoms with Crippen LogP contribution >= 0.6 is 0 Å². The standard InChI is InChI=1S/C20H31N3O2/c1-16-12-21-13-17(2)23(16)14-18-8-10-22(11-9-18)20(24)25-15-19-6-4-3-5-7-19/h3-7,16-18,21H,8-15H2,1-2H3/t16-,17-/m0/s1. The molecule has 2 aliphatic rings. The van der Waals surface area contributed by atoms with Crippen LogP contribution in [0.15, 0.2) is 30.3 Å². The van der Waals surface area contributed by atoms with Crippen molar-refractivity contribution in [3.8, 4) is 0 Å². The van der Waals surface area contributed by atoms with E-state index in [9.17, 15) is 4.79 Å². The van der Waals surface area contributed by atoms with Gasteiger partial charge in [-0.1, -0.05) is 30.3 Å². The van der Waals surface area contributed by atoms with Crippen LogP contribution in [-0.4, -0.2) is 60.7 Å². The summed E-state index contributed by atoms with van der Waals surface area (Å²) in [5, 5.41) is 3.49. The molecule has 5 heteroatoms. The molecule has 138 valence electrons. The van der Waals surface area contributed by atoms with E-state index < -0.39 is 0 Å². The largest absolute Gasteiger partial charge is 0.445 e. The Balaban J connectivity index is 1.41. The zero-order valence-corrected chi connectivity index (χ0v) is 15.5. The van der Waals surface area contributed by atoms with Crippen molar-refractivity contribution in [2.45, 2.75) is 45.4 Å². The molecule has 0 radical (unpaired) electrons. The summed E-state index contributed by atoms with van der Waals surface area (Å²) in [5.74, 6) is 0.682. The van der Waals surface area contributed by atoms with Crippen molar-refractivity contribution >= 4 is 6.09 Å². The molecule has 1 aromatic carbocycles. The summed E-state index contributed by atoms with van der Waals surface area (Å²) in [6, 6.07) is 11.1. The molecule has 1 N–H and O–H groups in total. The quantitative estimate of drug-likeness (QED) is 0.911. The second-order valence-electron chi connectivity index (χ2n) is 7.52. The van der Waals surface area contributed by atoms with Gasteiger partial charge >= 0.3 is 6.09 Å². The number of piperidine rings is 1. The molecule has 2 fully saturated rings. The predicted molar refractivity (Wildman–Crippen MR) is 99.4 cm³/mol. The molecule has 3 rings (SSSR count). The van der Waals surface area contributed by atoms with E-state index in [1.807, 2.05) is 35.2 Å². The van der Waals surface area contributed by atoms with E-state index in [0.717, 1.165) is 51.1 Å². The predicted octanol–water partition coefficient (Wildman–Crippen LogP) is 2.72. The van der Waals surface area contributed by atoms with Crippen LogP contribution in [0.25, 0.3) is 0 Å². The van der Waals surface area contributed by atoms with E-state index in [4.69, 9.17) is 4.74 Å². The highest BCUT2D eigenvalue weighted by atomic mass is 16.6. The number of carbonyl (C=O) groups excluding carboxylic acids is 1. The molecule has 0 bridgehead atoms. The fourth-order valence-electron chi connectivity index (χ4n) is 3.94. The molecular formula is C20H31N3O2. The van der Waals surface area contributed by atoms with E-state index in [1.165, 1.54) is 0 Å². The highest BCUT2D eigenvalue weighted by Crippen LogP contribution is 2.22. The first-order valence-corrected chi connectivity index (χ1v) is 9.55. The smallest absolute Gasteiger partial charge is 0.410 e. The maximum absolute atomic E-state index is 12.3. The Hall–Kier alpha value is -1.59. The summed E-state index contributed by atoms with van der Waals surface area (Å²) in [4.78, 5) is 16.8. The van der Waals surface area contributed by atoms with Gasteiger partial charge in [0.1, 0.15) is 6.61 Å². The molecule has 1 aromatic rings. The summed E-state index contributed by atoms with van der Waals surface area (Å²) >= 11 is 0. The number of piperazine rings is 1. The Labute approximate surface area is 151 Å². The lowest BCUT2D eigenvalue weighted by molar-refractivity contribution is 0.0588. The van der Waals surface area contributed by atoms with Gasteiger partial charge in [0, 0.05) is 44.8 Å². The highest BCUT2D eigenvalue weighted by molar-refractivity contribution is 5.67. The lowest BCUT2D eigenvalue weighted by Crippen LogP contribution is -2.56. The Morgan fingerprint density at radius 2 is 1.76 bits per heavy atom. The Morgan fingerprint density at radius 3 is 2.40 bits per heavy atom. The van der Waals surface area contributed by atoms with Gasteiger partial charge in [0.05, 0.1) is 0 Å². The number of nitrogens with zero attached hydrogens (tertiary/aromatic N) is 2. The molecule has 0 aliphatic carbocycles. The molecule has 2 saturated heterocycles. The van der Waals surface area contributed by atoms with Gasteiger partial charge in [-0.15, -0.1) is 0 Å². The van der Waals surface area contributed by atoms with Gasteiger partial charge in [0.2, 0.25) is 0 Å². The van der Waals surface area contributed by atoms with Crippen LogP contribution in [0.4, 0.5) is 4.79 Å². The third-order valence-corrected chi connectivity index (χ3v) is 5.56. The first-order chi connectivity index (χ1) is 12.1. The molecule has 2 aliphatic heterocycles. The Bertz CT molecular complexity index is 533. The van der Waals surface area contributed by atoms with E-state index in [2.05, 4.69) is 24.1 Å². The van der Waals surface area contributed by atoms with E-state index >= 15 is 0 Å². The van der Waals surface area contributed by atoms with Crippen LogP contribution in [-0.2, 0) is 11.3 Å². The second kappa shape index (κ2) is 8.68. The molecule has 25 heavy (non-hydrogen) atoms. The van der Waals surface area contributed by atoms with Crippen LogP contribution in [0.5, 0.6) is 0 Å². The molecule has 2 atom stereocenters. The van der Waals surface area contributed by atoms with E-state index in [0.29, 0.717) is 24.6 Å². The van der Waals surface area contributed by atoms with Crippen LogP contribution in [0.1, 0.15) is 32.3 Å². The molecule has 0 spiro atoms. The first-order valence-electron chi connectivity index (χ1n) is 9.55. The number of rotatable bonds is 4. The molecular weight excluding hydrogens is 314 g/mol. The topological polar surface area (TPSA) is 44.8 Å². The zero-order valence-electron chi connectivity index (χ0n) is 15.5. The summed E-state index contributed by atoms with van der Waals surface area (Å²) in [6.45, 7) is 9.90. The number of likely N-dealkylation sites (tertiary alicyclic amines) is 1. The Morgan fingerprint density at radius 1 is 1.12 bits per heavy atom. The number of hydrogen-bond donors (Lipinski definition) is 1. The Kier molecular flexibility index (Phi) is 6.32. The molecule has 0 aromatic heterocycles. The molecule has 5 nitrogen and oxygen atoms in total. The lowest BCUT2D eigenvalue weighted by atomic mass is 9.94. The summed E-state index contributed by atoms with van der Waals surface area (Å²) in [6.07, 6.45) is 1.97. The summed E-state index contributed by atoms with van der Waals surface area (Å²) in [7, 11) is 0. The maximum Gasteiger partial charge on any atom is 0.410 e. The van der Waals surface area contributed by atoms with Crippen LogP contribution < -0.4 is 5.32 Å². The molecule has 1 amide bonds. The average Bonchev–Trinajstić information content (AvgIpc) is 2.64. The van der Waals surface area contributed by atoms with Crippen molar-refractivity contribution in [1.82, 2.24) is 15.1 Å². The van der Waals surface area contributed by atoms with Crippen LogP contribution in [0, 0.1) is 5.92 Å². The minimum Gasteiger partial charge on any atom is -0.445 e. The monoisotopic (exact) mass is 345 g/mol. The van der Waals surface area contributed by atoms with Gasteiger partial charge in [-0.2, -0.15) is 0 Å². The third kappa shape index (κ3) is 4.95. The number of ether oxygens (including phenoxy) is 1. The minimum absolute atomic E-state index is 0.175. The van der Waals surface area contributed by atoms with Crippen molar-refractivity contribution in [2.75, 3.05) is 32.7 Å². The fourth-order valence-corrected chi connectivity index (χ4v) is 3.94. The van der Waals surface area contributed by atoms with Gasteiger partial charge in [-0.05, 0) is 38.2 Å². The van der Waals surface area contributed by atoms with Crippen molar-refractivity contribution in [1.29, 1.82) is 0 Å². The fraction of sp³-hybridized carbons (Fsp3) is 0.650. The molecule has 2 heterocycles. The van der Waals surface area contributed by atoms with Crippen molar-refractivity contribution in [3.63, 3.8) is 0 Å². The maximum atomic E-state index is 12.3. The summed E-state index contributed by atoms with van der Waals surface area (Å²) < 4.78 is 5.46. The SMILES string of the molecule is C[C@H]1CNC[C@H](C)N1CC1CCN(C(=O)OCc2ccccc2)CC1. The number of hydrogen-bond acceptors (Lipinski definition) is 4. The van der Waals surface area contributed by atoms with E-state index in [-0.39, 0.29) is 6.09 Å². The second-order valence-corrected chi connectivity index (χ2v) is 7.52. The molecule has 0 unspecified atom stereocenters. The van der Waals surface area contributed by atoms with Gasteiger partial charge < -0.3 is 15.0 Å². The molecule has 0 saturated carbocycles. The van der Waals surface area contributed by atoms with Crippen molar-refractivity contribution in [2.24, 2.45) is 5.92 Å². The third-order valence-electron chi connectivity index (χ3n) is 5.56. The average molecular weight is 345 g/mol. The van der Waals surface area contributed by atoms with Gasteiger partial charge in [-0.3, -0.25) is 4.90 Å². The normalized spacial score (nSPS) is 25.8. The first kappa shape index (κ1) is 18.2. The highest BCUT2D eigenvalue weighted by Gasteiger charge is 2.30.